The first-order valence-corrected chi connectivity index (χ1v) is 6.56. The monoisotopic (exact) mass is 259 g/mol. The van der Waals surface area contributed by atoms with Crippen LogP contribution >= 0.6 is 0 Å². The SMILES string of the molecule is Nc1cccc(CCc2nc(C3CCOC3)no2)c1. The van der Waals surface area contributed by atoms with Crippen molar-refractivity contribution in [2.45, 2.75) is 25.2 Å². The molecule has 2 N–H and O–H groups in total. The van der Waals surface area contributed by atoms with E-state index >= 15 is 0 Å². The standard InChI is InChI=1S/C14H17N3O2/c15-12-3-1-2-10(8-12)4-5-13-16-14(17-19-13)11-6-7-18-9-11/h1-3,8,11H,4-7,9,15H2. The third kappa shape index (κ3) is 2.93. The molecule has 1 atom stereocenters. The molecule has 2 heterocycles. The second kappa shape index (κ2) is 5.40. The number of anilines is 1. The maximum atomic E-state index is 5.75. The van der Waals surface area contributed by atoms with Gasteiger partial charge in [0.05, 0.1) is 6.61 Å². The zero-order valence-corrected chi connectivity index (χ0v) is 10.7. The van der Waals surface area contributed by atoms with Gasteiger partial charge in [-0.25, -0.2) is 0 Å². The largest absolute Gasteiger partial charge is 0.399 e. The smallest absolute Gasteiger partial charge is 0.226 e. The van der Waals surface area contributed by atoms with Gasteiger partial charge in [-0.3, -0.25) is 0 Å². The predicted octanol–water partition coefficient (Wildman–Crippen LogP) is 1.94. The minimum atomic E-state index is 0.296. The Balaban J connectivity index is 1.61. The number of aryl methyl sites for hydroxylation is 2. The Labute approximate surface area is 111 Å². The van der Waals surface area contributed by atoms with Crippen LogP contribution in [0.4, 0.5) is 5.69 Å². The highest BCUT2D eigenvalue weighted by atomic mass is 16.5. The van der Waals surface area contributed by atoms with E-state index in [4.69, 9.17) is 15.0 Å². The van der Waals surface area contributed by atoms with Gasteiger partial charge in [0.25, 0.3) is 0 Å². The summed E-state index contributed by atoms with van der Waals surface area (Å²) >= 11 is 0. The normalized spacial score (nSPS) is 18.8. The Morgan fingerprint density at radius 1 is 1.32 bits per heavy atom. The van der Waals surface area contributed by atoms with E-state index in [2.05, 4.69) is 16.2 Å². The third-order valence-electron chi connectivity index (χ3n) is 3.36. The van der Waals surface area contributed by atoms with Crippen LogP contribution < -0.4 is 5.73 Å². The van der Waals surface area contributed by atoms with E-state index in [0.29, 0.717) is 18.4 Å². The fourth-order valence-corrected chi connectivity index (χ4v) is 2.27. The van der Waals surface area contributed by atoms with Gasteiger partial charge >= 0.3 is 0 Å². The molecule has 1 aliphatic heterocycles. The quantitative estimate of drug-likeness (QED) is 0.849. The molecule has 2 aromatic rings. The molecule has 1 fully saturated rings. The molecule has 0 radical (unpaired) electrons. The van der Waals surface area contributed by atoms with Crippen molar-refractivity contribution in [1.82, 2.24) is 10.1 Å². The number of aromatic nitrogens is 2. The number of hydrogen-bond donors (Lipinski definition) is 1. The number of ether oxygens (including phenoxy) is 1. The van der Waals surface area contributed by atoms with Gasteiger partial charge in [0.2, 0.25) is 5.89 Å². The fraction of sp³-hybridized carbons (Fsp3) is 0.429. The molecular weight excluding hydrogens is 242 g/mol. The first kappa shape index (κ1) is 12.2. The van der Waals surface area contributed by atoms with Crippen LogP contribution in [0.15, 0.2) is 28.8 Å². The minimum absolute atomic E-state index is 0.296. The topological polar surface area (TPSA) is 74.2 Å². The highest BCUT2D eigenvalue weighted by Gasteiger charge is 2.22. The van der Waals surface area contributed by atoms with Crippen molar-refractivity contribution < 1.29 is 9.26 Å². The van der Waals surface area contributed by atoms with Crippen molar-refractivity contribution in [3.8, 4) is 0 Å². The number of rotatable bonds is 4. The van der Waals surface area contributed by atoms with Crippen LogP contribution in [0, 0.1) is 0 Å². The molecular formula is C14H17N3O2. The number of nitrogens with two attached hydrogens (primary N) is 1. The lowest BCUT2D eigenvalue weighted by Crippen LogP contribution is -2.00. The second-order valence-electron chi connectivity index (χ2n) is 4.85. The zero-order chi connectivity index (χ0) is 13.1. The number of nitrogens with zero attached hydrogens (tertiary/aromatic N) is 2. The van der Waals surface area contributed by atoms with E-state index in [1.165, 1.54) is 5.56 Å². The van der Waals surface area contributed by atoms with Gasteiger partial charge in [0, 0.05) is 24.6 Å². The summed E-state index contributed by atoms with van der Waals surface area (Å²) in [6.07, 6.45) is 2.58. The molecule has 5 heteroatoms. The maximum Gasteiger partial charge on any atom is 0.226 e. The van der Waals surface area contributed by atoms with Crippen LogP contribution in [-0.2, 0) is 17.6 Å². The van der Waals surface area contributed by atoms with Crippen LogP contribution in [0.25, 0.3) is 0 Å². The third-order valence-corrected chi connectivity index (χ3v) is 3.36. The molecule has 1 saturated heterocycles. The highest BCUT2D eigenvalue weighted by Crippen LogP contribution is 2.22. The van der Waals surface area contributed by atoms with E-state index in [9.17, 15) is 0 Å². The van der Waals surface area contributed by atoms with E-state index in [1.54, 1.807) is 0 Å². The van der Waals surface area contributed by atoms with Gasteiger partial charge in [-0.1, -0.05) is 17.3 Å². The van der Waals surface area contributed by atoms with Gasteiger partial charge < -0.3 is 15.0 Å². The summed E-state index contributed by atoms with van der Waals surface area (Å²) in [4.78, 5) is 4.44. The molecule has 0 amide bonds. The lowest BCUT2D eigenvalue weighted by molar-refractivity contribution is 0.192. The van der Waals surface area contributed by atoms with Crippen molar-refractivity contribution in [2.24, 2.45) is 0 Å². The first-order valence-electron chi connectivity index (χ1n) is 6.56. The summed E-state index contributed by atoms with van der Waals surface area (Å²) < 4.78 is 10.6. The van der Waals surface area contributed by atoms with E-state index in [1.807, 2.05) is 18.2 Å². The summed E-state index contributed by atoms with van der Waals surface area (Å²) in [5.41, 5.74) is 7.72. The van der Waals surface area contributed by atoms with Gasteiger partial charge in [-0.15, -0.1) is 0 Å². The van der Waals surface area contributed by atoms with Crippen LogP contribution in [0.5, 0.6) is 0 Å². The Morgan fingerprint density at radius 3 is 3.05 bits per heavy atom. The van der Waals surface area contributed by atoms with Crippen molar-refractivity contribution in [1.29, 1.82) is 0 Å². The molecule has 3 rings (SSSR count). The number of nitrogen functional groups attached to an aromatic ring is 1. The lowest BCUT2D eigenvalue weighted by Gasteiger charge is -2.00. The van der Waals surface area contributed by atoms with E-state index in [0.717, 1.165) is 37.4 Å². The molecule has 1 aromatic carbocycles. The molecule has 1 aliphatic rings. The fourth-order valence-electron chi connectivity index (χ4n) is 2.27. The van der Waals surface area contributed by atoms with Crippen molar-refractivity contribution >= 4 is 5.69 Å². The molecule has 0 bridgehead atoms. The average molecular weight is 259 g/mol. The van der Waals surface area contributed by atoms with E-state index < -0.39 is 0 Å². The van der Waals surface area contributed by atoms with Gasteiger partial charge in [-0.2, -0.15) is 4.98 Å². The van der Waals surface area contributed by atoms with Gasteiger partial charge in [-0.05, 0) is 30.5 Å². The van der Waals surface area contributed by atoms with Crippen LogP contribution in [0.1, 0.15) is 29.6 Å². The Morgan fingerprint density at radius 2 is 2.26 bits per heavy atom. The van der Waals surface area contributed by atoms with Gasteiger partial charge in [0.15, 0.2) is 5.82 Å². The van der Waals surface area contributed by atoms with Crippen LogP contribution in [0.2, 0.25) is 0 Å². The molecule has 1 unspecified atom stereocenters. The zero-order valence-electron chi connectivity index (χ0n) is 10.7. The van der Waals surface area contributed by atoms with Crippen LogP contribution in [-0.4, -0.2) is 23.4 Å². The van der Waals surface area contributed by atoms with Crippen molar-refractivity contribution in [3.63, 3.8) is 0 Å². The molecule has 0 aliphatic carbocycles. The first-order chi connectivity index (χ1) is 9.31. The molecule has 0 spiro atoms. The molecule has 0 saturated carbocycles. The summed E-state index contributed by atoms with van der Waals surface area (Å²) in [5, 5.41) is 4.04. The number of benzene rings is 1. The Kier molecular flexibility index (Phi) is 3.46. The highest BCUT2D eigenvalue weighted by molar-refractivity contribution is 5.40. The second-order valence-corrected chi connectivity index (χ2v) is 4.85. The van der Waals surface area contributed by atoms with Gasteiger partial charge in [0.1, 0.15) is 0 Å². The average Bonchev–Trinajstić information content (AvgIpc) is 3.07. The minimum Gasteiger partial charge on any atom is -0.399 e. The summed E-state index contributed by atoms with van der Waals surface area (Å²) in [6, 6.07) is 7.87. The summed E-state index contributed by atoms with van der Waals surface area (Å²) in [6.45, 7) is 1.49. The van der Waals surface area contributed by atoms with Crippen molar-refractivity contribution in [2.75, 3.05) is 18.9 Å². The lowest BCUT2D eigenvalue weighted by atomic mass is 10.1. The summed E-state index contributed by atoms with van der Waals surface area (Å²) in [7, 11) is 0. The predicted molar refractivity (Wildman–Crippen MR) is 70.7 cm³/mol. The van der Waals surface area contributed by atoms with Crippen LogP contribution in [0.3, 0.4) is 0 Å². The molecule has 5 nitrogen and oxygen atoms in total. The maximum absolute atomic E-state index is 5.75. The summed E-state index contributed by atoms with van der Waals surface area (Å²) in [5.74, 6) is 1.76. The van der Waals surface area contributed by atoms with E-state index in [-0.39, 0.29) is 0 Å². The molecule has 19 heavy (non-hydrogen) atoms. The number of hydrogen-bond acceptors (Lipinski definition) is 5. The van der Waals surface area contributed by atoms with Crippen molar-refractivity contribution in [3.05, 3.63) is 41.5 Å². The Hall–Kier alpha value is -1.88. The molecule has 1 aromatic heterocycles. The Bertz CT molecular complexity index is 547. The molecule has 100 valence electrons.